The maximum Gasteiger partial charge on any atom is 0.293 e. The molecule has 0 saturated heterocycles. The molecule has 0 aliphatic heterocycles. The predicted octanol–water partition coefficient (Wildman–Crippen LogP) is 2.99. The molecule has 3 aliphatic carbocycles. The summed E-state index contributed by atoms with van der Waals surface area (Å²) in [6.45, 7) is 0.558. The van der Waals surface area contributed by atoms with Crippen molar-refractivity contribution in [2.24, 2.45) is 0 Å². The van der Waals surface area contributed by atoms with Crippen LogP contribution in [-0.2, 0) is 14.9 Å². The molecule has 1 unspecified atom stereocenters. The van der Waals surface area contributed by atoms with Crippen molar-refractivity contribution in [2.75, 3.05) is 0 Å². The van der Waals surface area contributed by atoms with Crippen molar-refractivity contribution in [3.05, 3.63) is 53.1 Å². The molecule has 0 amide bonds. The van der Waals surface area contributed by atoms with Gasteiger partial charge in [0, 0.05) is 11.8 Å². The van der Waals surface area contributed by atoms with E-state index < -0.39 is 0 Å². The third-order valence-electron chi connectivity index (χ3n) is 4.43. The van der Waals surface area contributed by atoms with Gasteiger partial charge < -0.3 is 4.74 Å². The maximum atomic E-state index is 10.5. The van der Waals surface area contributed by atoms with Gasteiger partial charge >= 0.3 is 0 Å². The van der Waals surface area contributed by atoms with E-state index in [9.17, 15) is 4.79 Å². The van der Waals surface area contributed by atoms with Gasteiger partial charge in [0.25, 0.3) is 6.47 Å². The number of benzene rings is 1. The third kappa shape index (κ3) is 1.15. The van der Waals surface area contributed by atoms with Gasteiger partial charge in [-0.1, -0.05) is 30.3 Å². The molecule has 0 heterocycles. The van der Waals surface area contributed by atoms with Crippen LogP contribution in [0.15, 0.2) is 42.0 Å². The molecule has 1 aromatic rings. The minimum absolute atomic E-state index is 0.0759. The highest BCUT2D eigenvalue weighted by Crippen LogP contribution is 2.64. The Kier molecular flexibility index (Phi) is 1.88. The molecule has 1 aromatic carbocycles. The van der Waals surface area contributed by atoms with Gasteiger partial charge in [0.05, 0.1) is 0 Å². The molecule has 18 heavy (non-hydrogen) atoms. The lowest BCUT2D eigenvalue weighted by Crippen LogP contribution is -2.15. The Morgan fingerprint density at radius 2 is 2.11 bits per heavy atom. The topological polar surface area (TPSA) is 26.3 Å². The molecule has 2 nitrogen and oxygen atoms in total. The first-order chi connectivity index (χ1) is 8.85. The van der Waals surface area contributed by atoms with Crippen LogP contribution in [0.4, 0.5) is 0 Å². The molecule has 2 heteroatoms. The largest absolute Gasteiger partial charge is 0.460 e. The molecule has 1 spiro atoms. The Balaban J connectivity index is 1.86. The summed E-state index contributed by atoms with van der Waals surface area (Å²) in [5.41, 5.74) is 5.85. The van der Waals surface area contributed by atoms with Gasteiger partial charge in [-0.15, -0.1) is 0 Å². The van der Waals surface area contributed by atoms with Crippen LogP contribution in [0.25, 0.3) is 5.57 Å². The maximum absolute atomic E-state index is 10.5. The molecule has 0 bridgehead atoms. The summed E-state index contributed by atoms with van der Waals surface area (Å²) in [7, 11) is 0. The van der Waals surface area contributed by atoms with Crippen molar-refractivity contribution in [1.29, 1.82) is 0 Å². The molecule has 1 fully saturated rings. The number of hydrogen-bond donors (Lipinski definition) is 0. The fourth-order valence-corrected chi connectivity index (χ4v) is 3.47. The average molecular weight is 238 g/mol. The zero-order valence-corrected chi connectivity index (χ0v) is 10.1. The lowest BCUT2D eigenvalue weighted by molar-refractivity contribution is -0.131. The third-order valence-corrected chi connectivity index (χ3v) is 4.43. The van der Waals surface area contributed by atoms with E-state index in [4.69, 9.17) is 4.74 Å². The van der Waals surface area contributed by atoms with Crippen LogP contribution in [0.2, 0.25) is 0 Å². The summed E-state index contributed by atoms with van der Waals surface area (Å²) in [6, 6.07) is 8.68. The van der Waals surface area contributed by atoms with E-state index in [1.165, 1.54) is 35.1 Å². The summed E-state index contributed by atoms with van der Waals surface area (Å²) in [6.07, 6.45) is 7.56. The number of ether oxygens (including phenoxy) is 1. The molecule has 90 valence electrons. The highest BCUT2D eigenvalue weighted by Gasteiger charge is 2.54. The first-order valence-electron chi connectivity index (χ1n) is 6.47. The van der Waals surface area contributed by atoms with Gasteiger partial charge in [0.2, 0.25) is 0 Å². The molecule has 1 atom stereocenters. The quantitative estimate of drug-likeness (QED) is 0.740. The van der Waals surface area contributed by atoms with Gasteiger partial charge in [-0.05, 0) is 41.2 Å². The number of allylic oxidation sites excluding steroid dienone is 2. The van der Waals surface area contributed by atoms with E-state index >= 15 is 0 Å². The minimum Gasteiger partial charge on any atom is -0.460 e. The van der Waals surface area contributed by atoms with Crippen molar-refractivity contribution in [1.82, 2.24) is 0 Å². The zero-order chi connectivity index (χ0) is 12.2. The Morgan fingerprint density at radius 3 is 2.89 bits per heavy atom. The van der Waals surface area contributed by atoms with Gasteiger partial charge in [0.15, 0.2) is 0 Å². The highest BCUT2D eigenvalue weighted by atomic mass is 16.5. The van der Waals surface area contributed by atoms with Crippen LogP contribution < -0.4 is 0 Å². The first kappa shape index (κ1) is 10.1. The number of rotatable bonds is 2. The second-order valence-corrected chi connectivity index (χ2v) is 5.33. The van der Waals surface area contributed by atoms with Gasteiger partial charge in [-0.3, -0.25) is 4.79 Å². The molecule has 4 rings (SSSR count). The summed E-state index contributed by atoms with van der Waals surface area (Å²) in [4.78, 5) is 10.5. The van der Waals surface area contributed by atoms with E-state index in [0.717, 1.165) is 6.42 Å². The fraction of sp³-hybridized carbons (Fsp3) is 0.312. The summed E-state index contributed by atoms with van der Waals surface area (Å²) >= 11 is 0. The fourth-order valence-electron chi connectivity index (χ4n) is 3.47. The van der Waals surface area contributed by atoms with E-state index in [1.54, 1.807) is 0 Å². The van der Waals surface area contributed by atoms with Crippen molar-refractivity contribution in [3.8, 4) is 0 Å². The van der Waals surface area contributed by atoms with Crippen molar-refractivity contribution in [2.45, 2.75) is 30.8 Å². The van der Waals surface area contributed by atoms with Gasteiger partial charge in [-0.2, -0.15) is 0 Å². The SMILES string of the molecule is O=COC1C=C2C(=CC1)c1ccccc1C21CC1. The van der Waals surface area contributed by atoms with Crippen LogP contribution >= 0.6 is 0 Å². The molecule has 3 aliphatic rings. The monoisotopic (exact) mass is 238 g/mol. The summed E-state index contributed by atoms with van der Waals surface area (Å²) in [5, 5.41) is 0. The Bertz CT molecular complexity index is 591. The predicted molar refractivity (Wildman–Crippen MR) is 69.0 cm³/mol. The van der Waals surface area contributed by atoms with Crippen LogP contribution in [0.3, 0.4) is 0 Å². The number of hydrogen-bond acceptors (Lipinski definition) is 2. The van der Waals surface area contributed by atoms with Gasteiger partial charge in [-0.25, -0.2) is 0 Å². The van der Waals surface area contributed by atoms with Crippen molar-refractivity contribution >= 4 is 12.0 Å². The normalized spacial score (nSPS) is 25.9. The minimum atomic E-state index is -0.0759. The number of fused-ring (bicyclic) bond motifs is 5. The highest BCUT2D eigenvalue weighted by molar-refractivity contribution is 5.92. The molecular weight excluding hydrogens is 224 g/mol. The van der Waals surface area contributed by atoms with Crippen molar-refractivity contribution < 1.29 is 9.53 Å². The van der Waals surface area contributed by atoms with Crippen LogP contribution in [0, 0.1) is 0 Å². The molecular formula is C16H14O2. The lowest BCUT2D eigenvalue weighted by atomic mass is 9.89. The number of carbonyl (C=O) groups is 1. The zero-order valence-electron chi connectivity index (χ0n) is 10.1. The van der Waals surface area contributed by atoms with E-state index in [-0.39, 0.29) is 11.5 Å². The second kappa shape index (κ2) is 3.35. The molecule has 0 radical (unpaired) electrons. The number of carbonyl (C=O) groups excluding carboxylic acids is 1. The smallest absolute Gasteiger partial charge is 0.293 e. The van der Waals surface area contributed by atoms with Crippen LogP contribution in [0.1, 0.15) is 30.4 Å². The molecule has 1 saturated carbocycles. The van der Waals surface area contributed by atoms with E-state index in [0.29, 0.717) is 6.47 Å². The molecule has 0 N–H and O–H groups in total. The summed E-state index contributed by atoms with van der Waals surface area (Å²) in [5.74, 6) is 0. The summed E-state index contributed by atoms with van der Waals surface area (Å²) < 4.78 is 5.11. The van der Waals surface area contributed by atoms with Crippen LogP contribution in [-0.4, -0.2) is 12.6 Å². The second-order valence-electron chi connectivity index (χ2n) is 5.33. The average Bonchev–Trinajstić information content (AvgIpc) is 3.15. The van der Waals surface area contributed by atoms with Gasteiger partial charge in [0.1, 0.15) is 6.10 Å². The van der Waals surface area contributed by atoms with Crippen LogP contribution in [0.5, 0.6) is 0 Å². The Hall–Kier alpha value is -1.83. The lowest BCUT2D eigenvalue weighted by Gasteiger charge is -2.19. The standard InChI is InChI=1S/C16H14O2/c17-10-18-11-5-6-13-12-3-1-2-4-14(12)16(7-8-16)15(13)9-11/h1-4,6,9-11H,5,7-8H2. The first-order valence-corrected chi connectivity index (χ1v) is 6.47. The van der Waals surface area contributed by atoms with E-state index in [1.807, 2.05) is 0 Å². The Morgan fingerprint density at radius 1 is 1.28 bits per heavy atom. The van der Waals surface area contributed by atoms with Crippen molar-refractivity contribution in [3.63, 3.8) is 0 Å². The Labute approximate surface area is 106 Å². The molecule has 0 aromatic heterocycles. The van der Waals surface area contributed by atoms with E-state index in [2.05, 4.69) is 36.4 Å².